The lowest BCUT2D eigenvalue weighted by molar-refractivity contribution is -0.0104. The number of benzene rings is 1. The topological polar surface area (TPSA) is 67.8 Å². The van der Waals surface area contributed by atoms with Crippen LogP contribution in [0.2, 0.25) is 0 Å². The van der Waals surface area contributed by atoms with Gasteiger partial charge in [0.25, 0.3) is 6.43 Å². The van der Waals surface area contributed by atoms with Crippen LogP contribution in [0.3, 0.4) is 0 Å². The first-order chi connectivity index (χ1) is 16.5. The van der Waals surface area contributed by atoms with Crippen molar-refractivity contribution in [1.82, 2.24) is 15.1 Å². The maximum absolute atomic E-state index is 15.6. The average molecular weight is 493 g/mol. The van der Waals surface area contributed by atoms with Crippen LogP contribution in [0.15, 0.2) is 30.3 Å². The van der Waals surface area contributed by atoms with Crippen LogP contribution in [-0.4, -0.2) is 65.2 Å². The number of nitrogens with zero attached hydrogens (tertiary/aromatic N) is 4. The van der Waals surface area contributed by atoms with Crippen LogP contribution in [-0.2, 0) is 4.74 Å². The molecule has 0 N–H and O–H groups in total. The van der Waals surface area contributed by atoms with Crippen molar-refractivity contribution in [3.63, 3.8) is 0 Å². The average Bonchev–Trinajstić information content (AvgIpc) is 3.16. The number of hydrogen-bond donors (Lipinski definition) is 0. The molecule has 2 bridgehead atoms. The minimum atomic E-state index is -2.61. The Balaban J connectivity index is 1.50. The van der Waals surface area contributed by atoms with Gasteiger partial charge >= 0.3 is 6.09 Å². The van der Waals surface area contributed by atoms with E-state index >= 15 is 4.39 Å². The quantitative estimate of drug-likeness (QED) is 0.557. The van der Waals surface area contributed by atoms with Crippen molar-refractivity contribution in [2.24, 2.45) is 0 Å². The minimum Gasteiger partial charge on any atom is -0.496 e. The highest BCUT2D eigenvalue weighted by molar-refractivity contribution is 5.70. The normalized spacial score (nSPS) is 24.0. The Morgan fingerprint density at radius 3 is 2.51 bits per heavy atom. The van der Waals surface area contributed by atoms with Gasteiger partial charge in [0.2, 0.25) is 0 Å². The number of rotatable bonds is 5. The first-order valence-electron chi connectivity index (χ1n) is 11.7. The molecule has 1 amide bonds. The van der Waals surface area contributed by atoms with Crippen LogP contribution in [0.5, 0.6) is 5.75 Å². The zero-order valence-corrected chi connectivity index (χ0v) is 20.5. The van der Waals surface area contributed by atoms with E-state index in [1.54, 1.807) is 49.8 Å². The molecule has 2 aromatic rings. The Morgan fingerprint density at radius 1 is 1.17 bits per heavy atom. The Hall–Kier alpha value is -3.04. The second kappa shape index (κ2) is 9.54. The standard InChI is InChI=1S/C25H31F3N4O3/c1-25(2,3)35-24(33)32-15-7-10-18(32)22(26)19(13-15)31(4)21-11-9-17(29-30-21)16-8-6-14(23(27)28)12-20(16)34-5/h6,8-9,11-12,15,18-19,22-23H,7,10,13H2,1-5H3/t15-,18+,19-,22+/m1/s1. The van der Waals surface area contributed by atoms with Crippen LogP contribution in [0, 0.1) is 0 Å². The third-order valence-electron chi connectivity index (χ3n) is 6.66. The lowest BCUT2D eigenvalue weighted by atomic mass is 9.94. The maximum atomic E-state index is 15.6. The Morgan fingerprint density at radius 2 is 1.91 bits per heavy atom. The van der Waals surface area contributed by atoms with Crippen LogP contribution >= 0.6 is 0 Å². The summed E-state index contributed by atoms with van der Waals surface area (Å²) in [5.74, 6) is 0.753. The van der Waals surface area contributed by atoms with E-state index in [1.165, 1.54) is 25.3 Å². The first kappa shape index (κ1) is 25.1. The van der Waals surface area contributed by atoms with Crippen molar-refractivity contribution in [3.05, 3.63) is 35.9 Å². The SMILES string of the molecule is COc1cc(C(F)F)ccc1-c1ccc(N(C)[C@@H]2C[C@H]3CC[C@@H]([C@@H]2F)N3C(=O)OC(C)(C)C)nn1. The molecule has 0 radical (unpaired) electrons. The number of amides is 1. The van der Waals surface area contributed by atoms with E-state index in [9.17, 15) is 13.6 Å². The highest BCUT2D eigenvalue weighted by Gasteiger charge is 2.52. The van der Waals surface area contributed by atoms with Crippen molar-refractivity contribution < 1.29 is 27.4 Å². The predicted octanol–water partition coefficient (Wildman–Crippen LogP) is 5.40. The summed E-state index contributed by atoms with van der Waals surface area (Å²) in [5, 5.41) is 8.52. The van der Waals surface area contributed by atoms with Gasteiger partial charge in [0.05, 0.1) is 24.9 Å². The molecule has 4 rings (SSSR count). The van der Waals surface area contributed by atoms with E-state index < -0.39 is 36.4 Å². The molecule has 1 aromatic carbocycles. The molecule has 190 valence electrons. The van der Waals surface area contributed by atoms with Gasteiger partial charge in [-0.3, -0.25) is 4.90 Å². The monoisotopic (exact) mass is 492 g/mol. The second-order valence-corrected chi connectivity index (χ2v) is 10.1. The molecule has 2 aliphatic heterocycles. The van der Waals surface area contributed by atoms with Gasteiger partial charge in [-0.05, 0) is 64.3 Å². The number of fused-ring (bicyclic) bond motifs is 2. The fraction of sp³-hybridized carbons (Fsp3) is 0.560. The third kappa shape index (κ3) is 5.01. The highest BCUT2D eigenvalue weighted by atomic mass is 19.3. The summed E-state index contributed by atoms with van der Waals surface area (Å²) >= 11 is 0. The molecule has 4 atom stereocenters. The molecule has 2 fully saturated rings. The van der Waals surface area contributed by atoms with E-state index in [-0.39, 0.29) is 17.4 Å². The number of hydrogen-bond acceptors (Lipinski definition) is 6. The minimum absolute atomic E-state index is 0.0980. The number of ether oxygens (including phenoxy) is 2. The van der Waals surface area contributed by atoms with Gasteiger partial charge in [-0.25, -0.2) is 18.0 Å². The molecule has 35 heavy (non-hydrogen) atoms. The number of aromatic nitrogens is 2. The van der Waals surface area contributed by atoms with Crippen molar-refractivity contribution in [2.75, 3.05) is 19.1 Å². The molecule has 7 nitrogen and oxygen atoms in total. The van der Waals surface area contributed by atoms with Crippen molar-refractivity contribution >= 4 is 11.9 Å². The summed E-state index contributed by atoms with van der Waals surface area (Å²) in [5.41, 5.74) is 0.203. The molecule has 3 heterocycles. The van der Waals surface area contributed by atoms with E-state index in [2.05, 4.69) is 10.2 Å². The number of anilines is 1. The van der Waals surface area contributed by atoms with Crippen LogP contribution in [0.1, 0.15) is 52.0 Å². The molecule has 0 aliphatic carbocycles. The number of methoxy groups -OCH3 is 1. The first-order valence-corrected chi connectivity index (χ1v) is 11.7. The fourth-order valence-corrected chi connectivity index (χ4v) is 4.97. The zero-order chi connectivity index (χ0) is 25.5. The summed E-state index contributed by atoms with van der Waals surface area (Å²) in [6, 6.07) is 6.45. The lowest BCUT2D eigenvalue weighted by Gasteiger charge is -2.44. The van der Waals surface area contributed by atoms with Gasteiger partial charge in [0, 0.05) is 24.2 Å². The van der Waals surface area contributed by atoms with Gasteiger partial charge in [0.15, 0.2) is 5.82 Å². The summed E-state index contributed by atoms with van der Waals surface area (Å²) < 4.78 is 52.5. The lowest BCUT2D eigenvalue weighted by Crippen LogP contribution is -2.59. The predicted molar refractivity (Wildman–Crippen MR) is 126 cm³/mol. The summed E-state index contributed by atoms with van der Waals surface area (Å²) in [6.45, 7) is 5.39. The third-order valence-corrected chi connectivity index (χ3v) is 6.66. The van der Waals surface area contributed by atoms with E-state index in [0.29, 0.717) is 29.9 Å². The molecular weight excluding hydrogens is 461 g/mol. The van der Waals surface area contributed by atoms with Gasteiger partial charge in [0.1, 0.15) is 17.5 Å². The zero-order valence-electron chi connectivity index (χ0n) is 20.5. The van der Waals surface area contributed by atoms with E-state index in [0.717, 1.165) is 6.42 Å². The molecule has 0 saturated carbocycles. The van der Waals surface area contributed by atoms with Crippen LogP contribution < -0.4 is 9.64 Å². The van der Waals surface area contributed by atoms with Gasteiger partial charge in [-0.2, -0.15) is 0 Å². The van der Waals surface area contributed by atoms with Crippen molar-refractivity contribution in [2.45, 2.75) is 76.4 Å². The number of piperidine rings is 1. The molecule has 10 heteroatoms. The van der Waals surface area contributed by atoms with Crippen molar-refractivity contribution in [3.8, 4) is 17.0 Å². The highest BCUT2D eigenvalue weighted by Crippen LogP contribution is 2.41. The molecule has 2 saturated heterocycles. The van der Waals surface area contributed by atoms with Crippen molar-refractivity contribution in [1.29, 1.82) is 0 Å². The molecule has 2 aliphatic rings. The smallest absolute Gasteiger partial charge is 0.410 e. The Labute approximate surface area is 203 Å². The Kier molecular flexibility index (Phi) is 6.83. The number of alkyl halides is 3. The fourth-order valence-electron chi connectivity index (χ4n) is 4.97. The number of halogens is 3. The molecule has 0 spiro atoms. The second-order valence-electron chi connectivity index (χ2n) is 10.1. The summed E-state index contributed by atoms with van der Waals surface area (Å²) in [6.07, 6.45) is -2.56. The van der Waals surface area contributed by atoms with E-state index in [1.807, 2.05) is 0 Å². The largest absolute Gasteiger partial charge is 0.496 e. The van der Waals surface area contributed by atoms with Crippen LogP contribution in [0.4, 0.5) is 23.8 Å². The van der Waals surface area contributed by atoms with Gasteiger partial charge in [-0.15, -0.1) is 10.2 Å². The number of carbonyl (C=O) groups excluding carboxylic acids is 1. The van der Waals surface area contributed by atoms with Crippen LogP contribution in [0.25, 0.3) is 11.3 Å². The summed E-state index contributed by atoms with van der Waals surface area (Å²) in [4.78, 5) is 16.0. The summed E-state index contributed by atoms with van der Waals surface area (Å²) in [7, 11) is 3.17. The maximum Gasteiger partial charge on any atom is 0.410 e. The van der Waals surface area contributed by atoms with E-state index in [4.69, 9.17) is 9.47 Å². The molecule has 1 aromatic heterocycles. The molecular formula is C25H31F3N4O3. The Bertz CT molecular complexity index is 1060. The van der Waals surface area contributed by atoms with Gasteiger partial charge in [-0.1, -0.05) is 6.07 Å². The number of carbonyl (C=O) groups is 1. The van der Waals surface area contributed by atoms with Gasteiger partial charge < -0.3 is 14.4 Å². The molecule has 0 unspecified atom stereocenters.